The predicted molar refractivity (Wildman–Crippen MR) is 86.5 cm³/mol. The molecule has 2 atom stereocenters. The molecule has 2 rings (SSSR count). The molecule has 0 saturated carbocycles. The van der Waals surface area contributed by atoms with Crippen molar-refractivity contribution in [3.05, 3.63) is 11.4 Å². The minimum atomic E-state index is 0.507. The Morgan fingerprint density at radius 3 is 2.67 bits per heavy atom. The quantitative estimate of drug-likeness (QED) is 0.873. The molecule has 1 aromatic heterocycles. The van der Waals surface area contributed by atoms with E-state index in [4.69, 9.17) is 0 Å². The first kappa shape index (κ1) is 16.1. The molecule has 1 N–H and O–H groups in total. The van der Waals surface area contributed by atoms with Gasteiger partial charge in [-0.2, -0.15) is 5.10 Å². The Hall–Kier alpha value is -1.23. The van der Waals surface area contributed by atoms with E-state index in [1.54, 1.807) is 0 Å². The summed E-state index contributed by atoms with van der Waals surface area (Å²) in [5.74, 6) is 1.48. The molecular weight excluding hydrogens is 262 g/mol. The maximum Gasteiger partial charge on any atom is 0.243 e. The van der Waals surface area contributed by atoms with E-state index in [9.17, 15) is 0 Å². The molecule has 1 aliphatic heterocycles. The van der Waals surface area contributed by atoms with Crippen LogP contribution in [0.1, 0.15) is 51.9 Å². The maximum atomic E-state index is 4.59. The molecule has 118 valence electrons. The van der Waals surface area contributed by atoms with Gasteiger partial charge in [0.25, 0.3) is 0 Å². The molecule has 2 heterocycles. The van der Waals surface area contributed by atoms with E-state index in [0.717, 1.165) is 36.7 Å². The van der Waals surface area contributed by atoms with Crippen LogP contribution in [-0.4, -0.2) is 45.8 Å². The molecule has 1 aromatic rings. The summed E-state index contributed by atoms with van der Waals surface area (Å²) in [5, 5.41) is 11.8. The lowest BCUT2D eigenvalue weighted by molar-refractivity contribution is 0.144. The first-order chi connectivity index (χ1) is 10.1. The van der Waals surface area contributed by atoms with Gasteiger partial charge in [-0.3, -0.25) is 4.90 Å². The van der Waals surface area contributed by atoms with E-state index >= 15 is 0 Å². The number of nitrogens with one attached hydrogen (secondary N) is 1. The normalized spacial score (nSPS) is 21.2. The summed E-state index contributed by atoms with van der Waals surface area (Å²) in [5.41, 5.74) is 2.08. The minimum absolute atomic E-state index is 0.507. The molecular formula is C16H29N5. The van der Waals surface area contributed by atoms with Crippen molar-refractivity contribution in [3.63, 3.8) is 0 Å². The highest BCUT2D eigenvalue weighted by Gasteiger charge is 2.20. The van der Waals surface area contributed by atoms with Gasteiger partial charge in [-0.1, -0.05) is 20.8 Å². The van der Waals surface area contributed by atoms with Crippen molar-refractivity contribution in [2.45, 2.75) is 59.4 Å². The highest BCUT2D eigenvalue weighted by Crippen LogP contribution is 2.17. The van der Waals surface area contributed by atoms with Gasteiger partial charge in [0.2, 0.25) is 5.95 Å². The summed E-state index contributed by atoms with van der Waals surface area (Å²) >= 11 is 0. The lowest BCUT2D eigenvalue weighted by Crippen LogP contribution is -2.43. The fraction of sp³-hybridized carbons (Fsp3) is 0.812. The molecule has 1 saturated heterocycles. The second-order valence-corrected chi connectivity index (χ2v) is 6.21. The zero-order valence-corrected chi connectivity index (χ0v) is 13.9. The van der Waals surface area contributed by atoms with E-state index in [1.807, 2.05) is 0 Å². The number of anilines is 1. The SMILES string of the molecule is CCc1nnc(NCC(C)N2CCCC(C)C2)nc1CC. The van der Waals surface area contributed by atoms with Crippen LogP contribution in [0.3, 0.4) is 0 Å². The third-order valence-corrected chi connectivity index (χ3v) is 4.38. The molecule has 0 radical (unpaired) electrons. The van der Waals surface area contributed by atoms with Crippen LogP contribution in [0.25, 0.3) is 0 Å². The number of rotatable bonds is 6. The monoisotopic (exact) mass is 291 g/mol. The van der Waals surface area contributed by atoms with Crippen molar-refractivity contribution in [1.29, 1.82) is 0 Å². The second-order valence-electron chi connectivity index (χ2n) is 6.21. The zero-order chi connectivity index (χ0) is 15.2. The fourth-order valence-corrected chi connectivity index (χ4v) is 3.01. The van der Waals surface area contributed by atoms with Gasteiger partial charge in [-0.15, -0.1) is 5.10 Å². The third-order valence-electron chi connectivity index (χ3n) is 4.38. The van der Waals surface area contributed by atoms with Crippen LogP contribution in [0.15, 0.2) is 0 Å². The van der Waals surface area contributed by atoms with E-state index < -0.39 is 0 Å². The Kier molecular flexibility index (Phi) is 5.91. The number of aryl methyl sites for hydroxylation is 2. The molecule has 5 heteroatoms. The van der Waals surface area contributed by atoms with Crippen LogP contribution in [0.2, 0.25) is 0 Å². The first-order valence-electron chi connectivity index (χ1n) is 8.34. The Balaban J connectivity index is 1.90. The molecule has 1 aliphatic rings. The average Bonchev–Trinajstić information content (AvgIpc) is 2.52. The van der Waals surface area contributed by atoms with Gasteiger partial charge in [0.1, 0.15) is 0 Å². The van der Waals surface area contributed by atoms with E-state index in [1.165, 1.54) is 25.9 Å². The van der Waals surface area contributed by atoms with Gasteiger partial charge in [0, 0.05) is 19.1 Å². The van der Waals surface area contributed by atoms with Crippen molar-refractivity contribution >= 4 is 5.95 Å². The molecule has 0 aliphatic carbocycles. The zero-order valence-electron chi connectivity index (χ0n) is 13.9. The van der Waals surface area contributed by atoms with Crippen LogP contribution < -0.4 is 5.32 Å². The van der Waals surface area contributed by atoms with Crippen LogP contribution in [0.4, 0.5) is 5.95 Å². The molecule has 5 nitrogen and oxygen atoms in total. The molecule has 2 unspecified atom stereocenters. The fourth-order valence-electron chi connectivity index (χ4n) is 3.01. The van der Waals surface area contributed by atoms with Crippen LogP contribution in [0, 0.1) is 5.92 Å². The van der Waals surface area contributed by atoms with Crippen molar-refractivity contribution in [3.8, 4) is 0 Å². The summed E-state index contributed by atoms with van der Waals surface area (Å²) in [6.45, 7) is 12.1. The van der Waals surface area contributed by atoms with Crippen LogP contribution in [-0.2, 0) is 12.8 Å². The van der Waals surface area contributed by atoms with Crippen LogP contribution in [0.5, 0.6) is 0 Å². The van der Waals surface area contributed by atoms with Crippen molar-refractivity contribution in [1.82, 2.24) is 20.1 Å². The molecule has 0 spiro atoms. The van der Waals surface area contributed by atoms with Crippen molar-refractivity contribution in [2.24, 2.45) is 5.92 Å². The van der Waals surface area contributed by atoms with Gasteiger partial charge >= 0.3 is 0 Å². The topological polar surface area (TPSA) is 53.9 Å². The summed E-state index contributed by atoms with van der Waals surface area (Å²) in [7, 11) is 0. The first-order valence-corrected chi connectivity index (χ1v) is 8.34. The lowest BCUT2D eigenvalue weighted by Gasteiger charge is -2.35. The highest BCUT2D eigenvalue weighted by atomic mass is 15.3. The number of piperidine rings is 1. The number of aromatic nitrogens is 3. The average molecular weight is 291 g/mol. The largest absolute Gasteiger partial charge is 0.351 e. The lowest BCUT2D eigenvalue weighted by atomic mass is 9.99. The van der Waals surface area contributed by atoms with Gasteiger partial charge in [-0.25, -0.2) is 4.98 Å². The van der Waals surface area contributed by atoms with Crippen molar-refractivity contribution in [2.75, 3.05) is 25.0 Å². The molecule has 21 heavy (non-hydrogen) atoms. The third kappa shape index (κ3) is 4.37. The van der Waals surface area contributed by atoms with Gasteiger partial charge in [0.05, 0.1) is 11.4 Å². The number of nitrogens with zero attached hydrogens (tertiary/aromatic N) is 4. The van der Waals surface area contributed by atoms with Gasteiger partial charge < -0.3 is 5.32 Å². The summed E-state index contributed by atoms with van der Waals surface area (Å²) in [6, 6.07) is 0.507. The Labute approximate surface area is 128 Å². The highest BCUT2D eigenvalue weighted by molar-refractivity contribution is 5.26. The van der Waals surface area contributed by atoms with Gasteiger partial charge in [0.15, 0.2) is 0 Å². The maximum absolute atomic E-state index is 4.59. The van der Waals surface area contributed by atoms with Gasteiger partial charge in [-0.05, 0) is 45.1 Å². The number of hydrogen-bond acceptors (Lipinski definition) is 5. The minimum Gasteiger partial charge on any atom is -0.351 e. The smallest absolute Gasteiger partial charge is 0.243 e. The summed E-state index contributed by atoms with van der Waals surface area (Å²) in [4.78, 5) is 7.16. The Morgan fingerprint density at radius 2 is 2.00 bits per heavy atom. The van der Waals surface area contributed by atoms with Crippen molar-refractivity contribution < 1.29 is 0 Å². The second kappa shape index (κ2) is 7.69. The number of hydrogen-bond donors (Lipinski definition) is 1. The van der Waals surface area contributed by atoms with E-state index in [0.29, 0.717) is 12.0 Å². The Bertz CT molecular complexity index is 448. The molecule has 0 aromatic carbocycles. The summed E-state index contributed by atoms with van der Waals surface area (Å²) < 4.78 is 0. The molecule has 0 amide bonds. The molecule has 0 bridgehead atoms. The summed E-state index contributed by atoms with van der Waals surface area (Å²) in [6.07, 6.45) is 4.48. The van der Waals surface area contributed by atoms with E-state index in [-0.39, 0.29) is 0 Å². The predicted octanol–water partition coefficient (Wildman–Crippen LogP) is 2.53. The molecule has 1 fully saturated rings. The van der Waals surface area contributed by atoms with E-state index in [2.05, 4.69) is 53.1 Å². The van der Waals surface area contributed by atoms with Crippen LogP contribution >= 0.6 is 0 Å². The Morgan fingerprint density at radius 1 is 1.24 bits per heavy atom. The number of likely N-dealkylation sites (tertiary alicyclic amines) is 1. The standard InChI is InChI=1S/C16H29N5/c1-5-14-15(6-2)19-20-16(18-14)17-10-13(4)21-9-7-8-12(3)11-21/h12-13H,5-11H2,1-4H3,(H,17,18,20).